The Bertz CT molecular complexity index is 557. The molecular formula is C16H22BrN3S. The number of halogens is 1. The summed E-state index contributed by atoms with van der Waals surface area (Å²) in [5, 5.41) is 5.62. The molecule has 0 saturated carbocycles. The Morgan fingerprint density at radius 1 is 1.43 bits per heavy atom. The van der Waals surface area contributed by atoms with Crippen molar-refractivity contribution in [3.05, 3.63) is 44.8 Å². The first-order chi connectivity index (χ1) is 10.1. The first kappa shape index (κ1) is 16.5. The van der Waals surface area contributed by atoms with E-state index in [0.717, 1.165) is 29.7 Å². The summed E-state index contributed by atoms with van der Waals surface area (Å²) in [4.78, 5) is 6.55. The van der Waals surface area contributed by atoms with Crippen LogP contribution in [0.4, 0.5) is 5.69 Å². The van der Waals surface area contributed by atoms with Gasteiger partial charge in [-0.2, -0.15) is 0 Å². The van der Waals surface area contributed by atoms with Gasteiger partial charge in [-0.3, -0.25) is 0 Å². The lowest BCUT2D eigenvalue weighted by atomic mass is 10.1. The Hall–Kier alpha value is -0.910. The zero-order chi connectivity index (χ0) is 15.2. The smallest absolute Gasteiger partial charge is 0.0795 e. The highest BCUT2D eigenvalue weighted by Crippen LogP contribution is 2.28. The molecule has 0 aliphatic heterocycles. The van der Waals surface area contributed by atoms with Crippen molar-refractivity contribution in [2.75, 3.05) is 18.5 Å². The predicted molar refractivity (Wildman–Crippen MR) is 95.1 cm³/mol. The van der Waals surface area contributed by atoms with Gasteiger partial charge in [0.2, 0.25) is 0 Å². The highest BCUT2D eigenvalue weighted by Gasteiger charge is 2.11. The number of benzene rings is 1. The van der Waals surface area contributed by atoms with Crippen molar-refractivity contribution in [1.29, 1.82) is 0 Å². The molecule has 1 N–H and O–H groups in total. The highest BCUT2D eigenvalue weighted by atomic mass is 79.9. The third-order valence-corrected chi connectivity index (χ3v) is 4.80. The van der Waals surface area contributed by atoms with Crippen LogP contribution in [0.3, 0.4) is 0 Å². The second-order valence-electron chi connectivity index (χ2n) is 5.22. The van der Waals surface area contributed by atoms with Gasteiger partial charge in [0, 0.05) is 28.6 Å². The maximum absolute atomic E-state index is 4.34. The van der Waals surface area contributed by atoms with E-state index in [1.165, 1.54) is 11.3 Å². The fourth-order valence-corrected chi connectivity index (χ4v) is 3.49. The second-order valence-corrected chi connectivity index (χ2v) is 6.79. The number of hydrogen-bond donors (Lipinski definition) is 1. The van der Waals surface area contributed by atoms with Gasteiger partial charge in [0.25, 0.3) is 0 Å². The Balaban J connectivity index is 2.07. The molecule has 0 fully saturated rings. The molecule has 0 radical (unpaired) electrons. The quantitative estimate of drug-likeness (QED) is 0.774. The first-order valence-electron chi connectivity index (χ1n) is 7.22. The van der Waals surface area contributed by atoms with Crippen molar-refractivity contribution in [2.45, 2.75) is 32.9 Å². The van der Waals surface area contributed by atoms with Gasteiger partial charge in [0.15, 0.2) is 0 Å². The van der Waals surface area contributed by atoms with Crippen molar-refractivity contribution < 1.29 is 0 Å². The molecule has 0 saturated heterocycles. The molecule has 21 heavy (non-hydrogen) atoms. The number of nitrogens with zero attached hydrogens (tertiary/aromatic N) is 2. The lowest BCUT2D eigenvalue weighted by molar-refractivity contribution is 0.569. The van der Waals surface area contributed by atoms with Crippen molar-refractivity contribution in [3.63, 3.8) is 0 Å². The summed E-state index contributed by atoms with van der Waals surface area (Å²) in [5.74, 6) is 0. The van der Waals surface area contributed by atoms with Gasteiger partial charge in [0.1, 0.15) is 0 Å². The largest absolute Gasteiger partial charge is 0.369 e. The lowest BCUT2D eigenvalue weighted by Gasteiger charge is -2.21. The fourth-order valence-electron chi connectivity index (χ4n) is 2.23. The molecule has 0 spiro atoms. The monoisotopic (exact) mass is 367 g/mol. The van der Waals surface area contributed by atoms with E-state index in [1.807, 2.05) is 5.51 Å². The van der Waals surface area contributed by atoms with E-state index < -0.39 is 0 Å². The Morgan fingerprint density at radius 3 is 2.86 bits per heavy atom. The Morgan fingerprint density at radius 2 is 2.24 bits per heavy atom. The van der Waals surface area contributed by atoms with E-state index in [9.17, 15) is 0 Å². The fraction of sp³-hybridized carbons (Fsp3) is 0.438. The molecule has 1 heterocycles. The number of thiazole rings is 1. The van der Waals surface area contributed by atoms with E-state index in [1.54, 1.807) is 11.3 Å². The molecule has 2 rings (SSSR count). The molecule has 5 heteroatoms. The minimum Gasteiger partial charge on any atom is -0.369 e. The summed E-state index contributed by atoms with van der Waals surface area (Å²) in [6.07, 6.45) is 1.15. The van der Waals surface area contributed by atoms with Gasteiger partial charge in [-0.1, -0.05) is 28.9 Å². The number of nitrogens with one attached hydrogen (secondary N) is 1. The second kappa shape index (κ2) is 7.92. The Labute approximate surface area is 139 Å². The predicted octanol–water partition coefficient (Wildman–Crippen LogP) is 4.60. The Kier molecular flexibility index (Phi) is 6.21. The van der Waals surface area contributed by atoms with Gasteiger partial charge in [-0.15, -0.1) is 11.3 Å². The molecule has 1 atom stereocenters. The van der Waals surface area contributed by atoms with Crippen LogP contribution in [0.1, 0.15) is 37.6 Å². The van der Waals surface area contributed by atoms with E-state index >= 15 is 0 Å². The molecule has 3 nitrogen and oxygen atoms in total. The van der Waals surface area contributed by atoms with Crippen molar-refractivity contribution >= 4 is 33.0 Å². The number of anilines is 1. The van der Waals surface area contributed by atoms with E-state index in [-0.39, 0.29) is 0 Å². The molecule has 0 aliphatic rings. The molecule has 1 unspecified atom stereocenters. The summed E-state index contributed by atoms with van der Waals surface area (Å²) in [5.41, 5.74) is 5.49. The van der Waals surface area contributed by atoms with Crippen LogP contribution in [0.15, 0.2) is 33.6 Å². The minimum atomic E-state index is 0.359. The number of rotatable bonds is 7. The maximum Gasteiger partial charge on any atom is 0.0795 e. The van der Waals surface area contributed by atoms with Crippen LogP contribution in [0.2, 0.25) is 0 Å². The van der Waals surface area contributed by atoms with Crippen molar-refractivity contribution in [2.24, 2.45) is 0 Å². The average molecular weight is 368 g/mol. The first-order valence-corrected chi connectivity index (χ1v) is 8.96. The highest BCUT2D eigenvalue weighted by molar-refractivity contribution is 9.10. The van der Waals surface area contributed by atoms with Crippen LogP contribution < -0.4 is 10.2 Å². The maximum atomic E-state index is 4.34. The zero-order valence-electron chi connectivity index (χ0n) is 12.8. The van der Waals surface area contributed by atoms with Crippen LogP contribution in [0.5, 0.6) is 0 Å². The zero-order valence-corrected chi connectivity index (χ0v) is 15.2. The van der Waals surface area contributed by atoms with Crippen LogP contribution in [-0.2, 0) is 6.54 Å². The third kappa shape index (κ3) is 4.53. The molecule has 2 aromatic rings. The van der Waals surface area contributed by atoms with E-state index in [0.29, 0.717) is 6.04 Å². The molecule has 0 bridgehead atoms. The van der Waals surface area contributed by atoms with Crippen LogP contribution in [-0.4, -0.2) is 18.6 Å². The summed E-state index contributed by atoms with van der Waals surface area (Å²) >= 11 is 5.34. The van der Waals surface area contributed by atoms with Gasteiger partial charge < -0.3 is 10.2 Å². The van der Waals surface area contributed by atoms with Crippen molar-refractivity contribution in [3.8, 4) is 0 Å². The molecule has 0 amide bonds. The number of aromatic nitrogens is 1. The summed E-state index contributed by atoms with van der Waals surface area (Å²) in [7, 11) is 2.10. The van der Waals surface area contributed by atoms with E-state index in [4.69, 9.17) is 0 Å². The molecule has 1 aromatic carbocycles. The summed E-state index contributed by atoms with van der Waals surface area (Å²) < 4.78 is 1.15. The number of hydrogen-bond acceptors (Lipinski definition) is 4. The van der Waals surface area contributed by atoms with Crippen LogP contribution in [0, 0.1) is 0 Å². The SMILES string of the molecule is CCCNC(C)c1ccc(N(C)Cc2cscn2)cc1Br. The summed E-state index contributed by atoms with van der Waals surface area (Å²) in [6, 6.07) is 6.92. The topological polar surface area (TPSA) is 28.2 Å². The van der Waals surface area contributed by atoms with Crippen molar-refractivity contribution in [1.82, 2.24) is 10.3 Å². The standard InChI is InChI=1S/C16H22BrN3S/c1-4-7-18-12(2)15-6-5-14(8-16(15)17)20(3)9-13-10-21-11-19-13/h5-6,8,10-12,18H,4,7,9H2,1-3H3. The van der Waals surface area contributed by atoms with Gasteiger partial charge >= 0.3 is 0 Å². The molecule has 0 aliphatic carbocycles. The van der Waals surface area contributed by atoms with Crippen LogP contribution >= 0.6 is 27.3 Å². The van der Waals surface area contributed by atoms with E-state index in [2.05, 4.69) is 75.6 Å². The normalized spacial score (nSPS) is 12.4. The lowest BCUT2D eigenvalue weighted by Crippen LogP contribution is -2.20. The van der Waals surface area contributed by atoms with Gasteiger partial charge in [-0.05, 0) is 37.6 Å². The molecular weight excluding hydrogens is 346 g/mol. The van der Waals surface area contributed by atoms with Gasteiger partial charge in [-0.25, -0.2) is 4.98 Å². The minimum absolute atomic E-state index is 0.359. The molecule has 1 aromatic heterocycles. The van der Waals surface area contributed by atoms with Crippen LogP contribution in [0.25, 0.3) is 0 Å². The molecule has 114 valence electrons. The van der Waals surface area contributed by atoms with Gasteiger partial charge in [0.05, 0.1) is 17.7 Å². The average Bonchev–Trinajstić information content (AvgIpc) is 2.97. The third-order valence-electron chi connectivity index (χ3n) is 3.47. The summed E-state index contributed by atoms with van der Waals surface area (Å²) in [6.45, 7) is 6.26.